The average molecular weight is 621 g/mol. The van der Waals surface area contributed by atoms with Gasteiger partial charge in [-0.1, -0.05) is 18.2 Å². The minimum atomic E-state index is -1.15. The van der Waals surface area contributed by atoms with Gasteiger partial charge in [-0.25, -0.2) is 4.79 Å². The lowest BCUT2D eigenvalue weighted by molar-refractivity contribution is -0.156. The molecule has 0 saturated heterocycles. The maximum absolute atomic E-state index is 12.8. The van der Waals surface area contributed by atoms with Crippen molar-refractivity contribution in [3.05, 3.63) is 65.9 Å². The van der Waals surface area contributed by atoms with E-state index in [1.54, 1.807) is 77.9 Å². The van der Waals surface area contributed by atoms with E-state index in [4.69, 9.17) is 14.6 Å². The highest BCUT2D eigenvalue weighted by molar-refractivity contribution is 6.07. The third-order valence-electron chi connectivity index (χ3n) is 6.15. The number of aliphatic carboxylic acids is 1. The van der Waals surface area contributed by atoms with Crippen LogP contribution in [0.15, 0.2) is 54.7 Å². The number of carboxylic acid groups (broad SMARTS) is 1. The fourth-order valence-electron chi connectivity index (χ4n) is 4.25. The van der Waals surface area contributed by atoms with Crippen LogP contribution < -0.4 is 10.6 Å². The standard InChI is InChI=1S/C33H40N4O8/c1-32(2,3)44-28(40)20-37(31(43)45-33(4,5)6)17-7-15-35-29(41)22-10-8-21(9-11-22)23-12-13-26-25(18-23)24(14-16-34-26)30(42)36-19-27(38)39/h8-14,16,18H,7,15,17,19-20H2,1-6H3,(H,35,41)(H,36,42)(H,38,39). The first-order valence-corrected chi connectivity index (χ1v) is 14.5. The molecule has 0 fully saturated rings. The van der Waals surface area contributed by atoms with Gasteiger partial charge in [0, 0.05) is 30.2 Å². The molecule has 0 aliphatic rings. The predicted octanol–water partition coefficient (Wildman–Crippen LogP) is 4.41. The second-order valence-corrected chi connectivity index (χ2v) is 12.3. The van der Waals surface area contributed by atoms with E-state index < -0.39 is 41.7 Å². The van der Waals surface area contributed by atoms with Crippen LogP contribution in [0.4, 0.5) is 4.79 Å². The van der Waals surface area contributed by atoms with Gasteiger partial charge >= 0.3 is 18.0 Å². The number of carboxylic acids is 1. The number of esters is 1. The number of ether oxygens (including phenoxy) is 2. The molecule has 3 aromatic rings. The molecule has 0 spiro atoms. The largest absolute Gasteiger partial charge is 0.480 e. The summed E-state index contributed by atoms with van der Waals surface area (Å²) in [7, 11) is 0. The Bertz CT molecular complexity index is 1560. The Morgan fingerprint density at radius 3 is 2.09 bits per heavy atom. The van der Waals surface area contributed by atoms with Crippen LogP contribution in [0.25, 0.3) is 22.0 Å². The Labute approximate surface area is 262 Å². The minimum Gasteiger partial charge on any atom is -0.480 e. The normalized spacial score (nSPS) is 11.4. The quantitative estimate of drug-likeness (QED) is 0.208. The van der Waals surface area contributed by atoms with E-state index in [1.807, 2.05) is 6.07 Å². The van der Waals surface area contributed by atoms with E-state index >= 15 is 0 Å². The zero-order valence-electron chi connectivity index (χ0n) is 26.4. The van der Waals surface area contributed by atoms with Crippen LogP contribution in [-0.2, 0) is 19.1 Å². The number of benzene rings is 2. The number of pyridine rings is 1. The van der Waals surface area contributed by atoms with Gasteiger partial charge in [0.1, 0.15) is 24.3 Å². The maximum Gasteiger partial charge on any atom is 0.410 e. The fraction of sp³-hybridized carbons (Fsp3) is 0.394. The first-order valence-electron chi connectivity index (χ1n) is 14.5. The smallest absolute Gasteiger partial charge is 0.410 e. The maximum atomic E-state index is 12.8. The van der Waals surface area contributed by atoms with Crippen molar-refractivity contribution < 1.29 is 38.6 Å². The lowest BCUT2D eigenvalue weighted by atomic mass is 9.99. The van der Waals surface area contributed by atoms with Crippen LogP contribution in [-0.4, -0.2) is 82.2 Å². The van der Waals surface area contributed by atoms with Crippen molar-refractivity contribution in [2.45, 2.75) is 59.2 Å². The third-order valence-corrected chi connectivity index (χ3v) is 6.15. The van der Waals surface area contributed by atoms with Crippen LogP contribution in [0.2, 0.25) is 0 Å². The van der Waals surface area contributed by atoms with Crippen molar-refractivity contribution in [3.63, 3.8) is 0 Å². The van der Waals surface area contributed by atoms with E-state index in [2.05, 4.69) is 15.6 Å². The number of carbonyl (C=O) groups is 5. The van der Waals surface area contributed by atoms with Crippen molar-refractivity contribution in [1.82, 2.24) is 20.5 Å². The van der Waals surface area contributed by atoms with Crippen LogP contribution in [0.3, 0.4) is 0 Å². The summed E-state index contributed by atoms with van der Waals surface area (Å²) in [6, 6.07) is 13.8. The van der Waals surface area contributed by atoms with Gasteiger partial charge in [0.2, 0.25) is 0 Å². The molecule has 12 heteroatoms. The predicted molar refractivity (Wildman–Crippen MR) is 168 cm³/mol. The molecule has 1 heterocycles. The summed E-state index contributed by atoms with van der Waals surface area (Å²) in [5.74, 6) is -2.53. The van der Waals surface area contributed by atoms with Crippen molar-refractivity contribution in [2.24, 2.45) is 0 Å². The number of carbonyl (C=O) groups excluding carboxylic acids is 4. The minimum absolute atomic E-state index is 0.167. The Balaban J connectivity index is 1.63. The molecule has 2 aromatic carbocycles. The Morgan fingerprint density at radius 1 is 0.822 bits per heavy atom. The molecule has 0 bridgehead atoms. The van der Waals surface area contributed by atoms with Gasteiger partial charge in [0.15, 0.2) is 0 Å². The molecule has 0 unspecified atom stereocenters. The Hall–Kier alpha value is -5.00. The second kappa shape index (κ2) is 14.7. The highest BCUT2D eigenvalue weighted by Crippen LogP contribution is 2.26. The van der Waals surface area contributed by atoms with Gasteiger partial charge in [-0.05, 0) is 89.4 Å². The molecule has 45 heavy (non-hydrogen) atoms. The fourth-order valence-corrected chi connectivity index (χ4v) is 4.25. The Kier molecular flexibility index (Phi) is 11.2. The number of rotatable bonds is 11. The number of hydrogen-bond acceptors (Lipinski definition) is 8. The number of amides is 3. The summed E-state index contributed by atoms with van der Waals surface area (Å²) in [6.07, 6.45) is 1.22. The number of nitrogens with zero attached hydrogens (tertiary/aromatic N) is 2. The van der Waals surface area contributed by atoms with Gasteiger partial charge in [-0.2, -0.15) is 0 Å². The number of nitrogens with one attached hydrogen (secondary N) is 2. The number of aromatic nitrogens is 1. The molecule has 240 valence electrons. The van der Waals surface area contributed by atoms with Gasteiger partial charge in [0.25, 0.3) is 11.8 Å². The summed E-state index contributed by atoms with van der Waals surface area (Å²) in [6.45, 7) is 10.1. The third kappa shape index (κ3) is 10.9. The van der Waals surface area contributed by atoms with Crippen molar-refractivity contribution in [3.8, 4) is 11.1 Å². The molecule has 0 aliphatic carbocycles. The van der Waals surface area contributed by atoms with E-state index in [1.165, 1.54) is 17.2 Å². The van der Waals surface area contributed by atoms with Crippen LogP contribution in [0.1, 0.15) is 68.7 Å². The summed E-state index contributed by atoms with van der Waals surface area (Å²) in [4.78, 5) is 66.9. The molecular formula is C33H40N4O8. The zero-order chi connectivity index (χ0) is 33.4. The first kappa shape index (κ1) is 34.5. The molecule has 0 saturated carbocycles. The average Bonchev–Trinajstić information content (AvgIpc) is 2.95. The molecule has 3 rings (SSSR count). The van der Waals surface area contributed by atoms with Crippen molar-refractivity contribution in [2.75, 3.05) is 26.2 Å². The van der Waals surface area contributed by atoms with Crippen LogP contribution in [0.5, 0.6) is 0 Å². The lowest BCUT2D eigenvalue weighted by Gasteiger charge is -2.28. The lowest BCUT2D eigenvalue weighted by Crippen LogP contribution is -2.42. The summed E-state index contributed by atoms with van der Waals surface area (Å²) in [5, 5.41) is 14.6. The van der Waals surface area contributed by atoms with Crippen LogP contribution >= 0.6 is 0 Å². The molecular weight excluding hydrogens is 580 g/mol. The summed E-state index contributed by atoms with van der Waals surface area (Å²) >= 11 is 0. The summed E-state index contributed by atoms with van der Waals surface area (Å²) in [5.41, 5.74) is 1.43. The van der Waals surface area contributed by atoms with E-state index in [9.17, 15) is 24.0 Å². The van der Waals surface area contributed by atoms with Crippen LogP contribution in [0, 0.1) is 0 Å². The Morgan fingerprint density at radius 2 is 1.47 bits per heavy atom. The molecule has 0 radical (unpaired) electrons. The van der Waals surface area contributed by atoms with E-state index in [0.29, 0.717) is 28.5 Å². The molecule has 3 N–H and O–H groups in total. The van der Waals surface area contributed by atoms with Gasteiger partial charge in [-0.3, -0.25) is 29.1 Å². The van der Waals surface area contributed by atoms with Crippen molar-refractivity contribution >= 4 is 40.7 Å². The first-order chi connectivity index (χ1) is 21.0. The molecule has 12 nitrogen and oxygen atoms in total. The van der Waals surface area contributed by atoms with E-state index in [-0.39, 0.29) is 25.5 Å². The highest BCUT2D eigenvalue weighted by atomic mass is 16.6. The highest BCUT2D eigenvalue weighted by Gasteiger charge is 2.26. The SMILES string of the molecule is CC(C)(C)OC(=O)CN(CCCNC(=O)c1ccc(-c2ccc3nccc(C(=O)NCC(=O)O)c3c2)cc1)C(=O)OC(C)(C)C. The van der Waals surface area contributed by atoms with Gasteiger partial charge in [-0.15, -0.1) is 0 Å². The van der Waals surface area contributed by atoms with E-state index in [0.717, 1.165) is 11.1 Å². The zero-order valence-corrected chi connectivity index (χ0v) is 26.4. The molecule has 1 aromatic heterocycles. The second-order valence-electron chi connectivity index (χ2n) is 12.3. The van der Waals surface area contributed by atoms with Crippen molar-refractivity contribution in [1.29, 1.82) is 0 Å². The summed E-state index contributed by atoms with van der Waals surface area (Å²) < 4.78 is 10.8. The monoisotopic (exact) mass is 620 g/mol. The topological polar surface area (TPSA) is 164 Å². The van der Waals surface area contributed by atoms with Gasteiger partial charge < -0.3 is 25.2 Å². The molecule has 3 amide bonds. The number of hydrogen-bond donors (Lipinski definition) is 3. The molecule has 0 atom stereocenters. The van der Waals surface area contributed by atoms with Gasteiger partial charge in [0.05, 0.1) is 11.1 Å². The molecule has 0 aliphatic heterocycles. The number of fused-ring (bicyclic) bond motifs is 1.